The van der Waals surface area contributed by atoms with Crippen molar-refractivity contribution in [1.29, 1.82) is 0 Å². The summed E-state index contributed by atoms with van der Waals surface area (Å²) in [6.07, 6.45) is -1.05. The van der Waals surface area contributed by atoms with Crippen LogP contribution in [0, 0.1) is 5.41 Å². The van der Waals surface area contributed by atoms with Crippen LogP contribution in [0.1, 0.15) is 48.0 Å². The summed E-state index contributed by atoms with van der Waals surface area (Å²) < 4.78 is 18.5. The Kier molecular flexibility index (Phi) is 10.5. The molecule has 3 atom stereocenters. The first-order chi connectivity index (χ1) is 23.1. The van der Waals surface area contributed by atoms with Gasteiger partial charge in [-0.1, -0.05) is 73.1 Å². The van der Waals surface area contributed by atoms with Gasteiger partial charge in [0.2, 0.25) is 11.8 Å². The van der Waals surface area contributed by atoms with E-state index < -0.39 is 41.2 Å². The highest BCUT2D eigenvalue weighted by molar-refractivity contribution is 9.10. The number of aromatic nitrogens is 1. The first-order valence-corrected chi connectivity index (χ1v) is 17.0. The van der Waals surface area contributed by atoms with Gasteiger partial charge < -0.3 is 29.7 Å². The Morgan fingerprint density at radius 3 is 2.33 bits per heavy atom. The topological polar surface area (TPSA) is 119 Å². The van der Waals surface area contributed by atoms with Crippen molar-refractivity contribution in [3.05, 3.63) is 83.3 Å². The van der Waals surface area contributed by atoms with E-state index in [0.717, 1.165) is 15.4 Å². The Morgan fingerprint density at radius 2 is 1.67 bits per heavy atom. The number of anilines is 1. The van der Waals surface area contributed by atoms with E-state index >= 15 is 0 Å². The van der Waals surface area contributed by atoms with Crippen molar-refractivity contribution < 1.29 is 28.6 Å². The molecule has 0 spiro atoms. The summed E-state index contributed by atoms with van der Waals surface area (Å²) in [4.78, 5) is 47.7. The summed E-state index contributed by atoms with van der Waals surface area (Å²) in [6, 6.07) is 22.6. The first-order valence-electron chi connectivity index (χ1n) is 16.2. The predicted molar refractivity (Wildman–Crippen MR) is 194 cm³/mol. The lowest BCUT2D eigenvalue weighted by molar-refractivity contribution is -0.140. The zero-order valence-corrected chi connectivity index (χ0v) is 30.5. The Hall–Kier alpha value is -4.64. The summed E-state index contributed by atoms with van der Waals surface area (Å²) in [6.45, 7) is 11.0. The number of alkyl carbamates (subject to hydrolysis) is 1. The fraction of sp³-hybridized carbons (Fsp3) is 0.368. The van der Waals surface area contributed by atoms with Crippen molar-refractivity contribution in [2.75, 3.05) is 19.0 Å². The van der Waals surface area contributed by atoms with Crippen molar-refractivity contribution >= 4 is 50.4 Å². The maximum absolute atomic E-state index is 14.4. The second-order valence-corrected chi connectivity index (χ2v) is 15.1. The van der Waals surface area contributed by atoms with Crippen molar-refractivity contribution in [2.24, 2.45) is 5.41 Å². The Bertz CT molecular complexity index is 1840. The standard InChI is InChI=1S/C38H43BrN4O6/c1-37(2,3)33(42-36(46)49-38(4,5)6)35(45)43-22-27(20-31(43)34(44)40-25-15-11-14-24(39)18-25)48-32-21-29(23-12-9-8-10-13-23)41-30-19-26(47-7)16-17-28(30)32/h8-19,21,27,31,33H,20,22H2,1-7H3,(H,40,44)(H,42,46)/t27-,31?,33-/m1/s1. The molecule has 5 rings (SSSR count). The van der Waals surface area contributed by atoms with Crippen LogP contribution in [0.3, 0.4) is 0 Å². The molecule has 1 unspecified atom stereocenters. The molecule has 258 valence electrons. The minimum atomic E-state index is -0.985. The highest BCUT2D eigenvalue weighted by Crippen LogP contribution is 2.35. The van der Waals surface area contributed by atoms with Crippen LogP contribution in [0.5, 0.6) is 11.5 Å². The van der Waals surface area contributed by atoms with Gasteiger partial charge in [0.05, 0.1) is 24.9 Å². The van der Waals surface area contributed by atoms with E-state index in [1.165, 1.54) is 4.90 Å². The largest absolute Gasteiger partial charge is 0.497 e. The molecule has 1 aromatic heterocycles. The highest BCUT2D eigenvalue weighted by atomic mass is 79.9. The molecule has 0 saturated carbocycles. The Morgan fingerprint density at radius 1 is 0.939 bits per heavy atom. The number of amides is 3. The molecule has 1 aliphatic rings. The first kappa shape index (κ1) is 35.7. The molecule has 4 aromatic rings. The molecule has 3 aromatic carbocycles. The third-order valence-electron chi connectivity index (χ3n) is 8.06. The SMILES string of the molecule is COc1ccc2c(O[C@@H]3CC(C(=O)Nc4cccc(Br)c4)N(C(=O)[C@@H](NC(=O)OC(C)(C)C)C(C)(C)C)C3)cc(-c3ccccc3)nc2c1. The normalized spacial score (nSPS) is 16.9. The van der Waals surface area contributed by atoms with Crippen molar-refractivity contribution in [1.82, 2.24) is 15.2 Å². The summed E-state index contributed by atoms with van der Waals surface area (Å²) in [7, 11) is 1.60. The van der Waals surface area contributed by atoms with Crippen LogP contribution in [-0.4, -0.2) is 65.2 Å². The summed E-state index contributed by atoms with van der Waals surface area (Å²) in [5.74, 6) is 0.449. The van der Waals surface area contributed by atoms with Gasteiger partial charge in [-0.15, -0.1) is 0 Å². The van der Waals surface area contributed by atoms with Gasteiger partial charge in [0.1, 0.15) is 35.3 Å². The van der Waals surface area contributed by atoms with Gasteiger partial charge in [-0.05, 0) is 56.5 Å². The van der Waals surface area contributed by atoms with Gasteiger partial charge in [0, 0.05) is 39.7 Å². The number of nitrogens with one attached hydrogen (secondary N) is 2. The molecule has 3 amide bonds. The number of likely N-dealkylation sites (tertiary alicyclic amines) is 1. The van der Waals surface area contributed by atoms with Crippen molar-refractivity contribution in [3.8, 4) is 22.8 Å². The molecule has 1 saturated heterocycles. The molecule has 2 N–H and O–H groups in total. The number of hydrogen-bond acceptors (Lipinski definition) is 7. The molecule has 0 aliphatic carbocycles. The third kappa shape index (κ3) is 8.89. The van der Waals surface area contributed by atoms with E-state index in [-0.39, 0.29) is 18.9 Å². The van der Waals surface area contributed by atoms with Gasteiger partial charge in [-0.25, -0.2) is 9.78 Å². The smallest absolute Gasteiger partial charge is 0.408 e. The zero-order chi connectivity index (χ0) is 35.5. The van der Waals surface area contributed by atoms with E-state index in [2.05, 4.69) is 26.6 Å². The number of carbonyl (C=O) groups excluding carboxylic acids is 3. The maximum atomic E-state index is 14.4. The molecule has 10 nitrogen and oxygen atoms in total. The third-order valence-corrected chi connectivity index (χ3v) is 8.55. The van der Waals surface area contributed by atoms with Gasteiger partial charge in [-0.3, -0.25) is 9.59 Å². The average Bonchev–Trinajstić information content (AvgIpc) is 3.46. The summed E-state index contributed by atoms with van der Waals surface area (Å²) >= 11 is 3.45. The molecule has 49 heavy (non-hydrogen) atoms. The number of nitrogens with zero attached hydrogens (tertiary/aromatic N) is 2. The van der Waals surface area contributed by atoms with E-state index in [1.807, 2.05) is 87.5 Å². The molecule has 2 heterocycles. The van der Waals surface area contributed by atoms with Crippen LogP contribution in [0.2, 0.25) is 0 Å². The second kappa shape index (κ2) is 14.5. The van der Waals surface area contributed by atoms with Crippen LogP contribution in [0.4, 0.5) is 10.5 Å². The maximum Gasteiger partial charge on any atom is 0.408 e. The number of methoxy groups -OCH3 is 1. The molecular weight excluding hydrogens is 688 g/mol. The van der Waals surface area contributed by atoms with Gasteiger partial charge in [-0.2, -0.15) is 0 Å². The Balaban J connectivity index is 1.50. The van der Waals surface area contributed by atoms with Crippen LogP contribution < -0.4 is 20.1 Å². The fourth-order valence-electron chi connectivity index (χ4n) is 5.74. The zero-order valence-electron chi connectivity index (χ0n) is 28.9. The molecule has 0 bridgehead atoms. The van der Waals surface area contributed by atoms with Gasteiger partial charge in [0.25, 0.3) is 0 Å². The predicted octanol–water partition coefficient (Wildman–Crippen LogP) is 7.60. The van der Waals surface area contributed by atoms with E-state index in [1.54, 1.807) is 40.0 Å². The molecule has 0 radical (unpaired) electrons. The second-order valence-electron chi connectivity index (χ2n) is 14.2. The van der Waals surface area contributed by atoms with Crippen LogP contribution in [0.15, 0.2) is 83.3 Å². The monoisotopic (exact) mass is 730 g/mol. The van der Waals surface area contributed by atoms with E-state index in [4.69, 9.17) is 19.2 Å². The van der Waals surface area contributed by atoms with Crippen LogP contribution in [0.25, 0.3) is 22.2 Å². The molecule has 1 fully saturated rings. The number of benzene rings is 3. The lowest BCUT2D eigenvalue weighted by Crippen LogP contribution is -2.57. The minimum absolute atomic E-state index is 0.110. The number of fused-ring (bicyclic) bond motifs is 1. The minimum Gasteiger partial charge on any atom is -0.497 e. The number of hydrogen-bond donors (Lipinski definition) is 2. The number of carbonyl (C=O) groups is 3. The number of pyridine rings is 1. The van der Waals surface area contributed by atoms with Crippen LogP contribution >= 0.6 is 15.9 Å². The van der Waals surface area contributed by atoms with Crippen molar-refractivity contribution in [2.45, 2.75) is 71.8 Å². The van der Waals surface area contributed by atoms with Crippen LogP contribution in [-0.2, 0) is 14.3 Å². The van der Waals surface area contributed by atoms with E-state index in [9.17, 15) is 14.4 Å². The van der Waals surface area contributed by atoms with Gasteiger partial charge >= 0.3 is 6.09 Å². The van der Waals surface area contributed by atoms with Crippen molar-refractivity contribution in [3.63, 3.8) is 0 Å². The number of ether oxygens (including phenoxy) is 3. The lowest BCUT2D eigenvalue weighted by atomic mass is 9.85. The fourth-order valence-corrected chi connectivity index (χ4v) is 6.14. The highest BCUT2D eigenvalue weighted by Gasteiger charge is 2.46. The van der Waals surface area contributed by atoms with E-state index in [0.29, 0.717) is 28.4 Å². The number of rotatable bonds is 8. The quantitative estimate of drug-likeness (QED) is 0.192. The average molecular weight is 732 g/mol. The summed E-state index contributed by atoms with van der Waals surface area (Å²) in [5, 5.41) is 6.51. The lowest BCUT2D eigenvalue weighted by Gasteiger charge is -2.35. The number of halogens is 1. The summed E-state index contributed by atoms with van der Waals surface area (Å²) in [5.41, 5.74) is 1.42. The molecular formula is C38H43BrN4O6. The Labute approximate surface area is 295 Å². The molecule has 1 aliphatic heterocycles. The van der Waals surface area contributed by atoms with Gasteiger partial charge in [0.15, 0.2) is 0 Å². The molecule has 11 heteroatoms.